The summed E-state index contributed by atoms with van der Waals surface area (Å²) in [5.41, 5.74) is 0.384. The van der Waals surface area contributed by atoms with Crippen LogP contribution in [0, 0.1) is 6.92 Å². The van der Waals surface area contributed by atoms with Crippen LogP contribution in [0.4, 0.5) is 4.79 Å². The van der Waals surface area contributed by atoms with Gasteiger partial charge in [-0.15, -0.1) is 0 Å². The highest BCUT2D eigenvalue weighted by Crippen LogP contribution is 2.14. The maximum absolute atomic E-state index is 11.7. The molecule has 0 fully saturated rings. The van der Waals surface area contributed by atoms with Gasteiger partial charge in [-0.2, -0.15) is 5.10 Å². The minimum absolute atomic E-state index is 0.181. The van der Waals surface area contributed by atoms with Crippen LogP contribution < -0.4 is 10.1 Å². The molecule has 2 atom stereocenters. The predicted octanol–water partition coefficient (Wildman–Crippen LogP) is 2.41. The van der Waals surface area contributed by atoms with Gasteiger partial charge in [0.1, 0.15) is 11.7 Å². The molecule has 20 heavy (non-hydrogen) atoms. The van der Waals surface area contributed by atoms with E-state index in [1.807, 2.05) is 54.7 Å². The zero-order valence-corrected chi connectivity index (χ0v) is 13.4. The fourth-order valence-electron chi connectivity index (χ4n) is 1.60. The number of aryl methyl sites for hydroxylation is 2. The van der Waals surface area contributed by atoms with E-state index in [4.69, 9.17) is 9.47 Å². The molecule has 0 aliphatic rings. The molecule has 0 aromatic carbocycles. The highest BCUT2D eigenvalue weighted by Gasteiger charge is 2.22. The van der Waals surface area contributed by atoms with Gasteiger partial charge in [-0.25, -0.2) is 9.48 Å². The number of hydrogen-bond donors (Lipinski definition) is 1. The van der Waals surface area contributed by atoms with Crippen molar-refractivity contribution in [3.63, 3.8) is 0 Å². The Bertz CT molecular complexity index is 463. The minimum Gasteiger partial charge on any atom is -0.473 e. The number of amides is 1. The summed E-state index contributed by atoms with van der Waals surface area (Å²) in [5, 5.41) is 6.98. The molecule has 0 radical (unpaired) electrons. The predicted molar refractivity (Wildman–Crippen MR) is 76.9 cm³/mol. The summed E-state index contributed by atoms with van der Waals surface area (Å²) in [6, 6.07) is 1.68. The molecule has 1 N–H and O–H groups in total. The monoisotopic (exact) mass is 283 g/mol. The molecule has 0 aliphatic carbocycles. The first-order chi connectivity index (χ1) is 9.08. The van der Waals surface area contributed by atoms with E-state index in [2.05, 4.69) is 10.4 Å². The van der Waals surface area contributed by atoms with Gasteiger partial charge in [-0.1, -0.05) is 0 Å². The van der Waals surface area contributed by atoms with E-state index < -0.39 is 11.7 Å². The molecule has 0 spiro atoms. The first kappa shape index (κ1) is 16.3. The SMILES string of the molecule is Cc1cc(OC(C)[C@@H](C)NC(=O)OC(C)(C)C)n(C)n1. The minimum atomic E-state index is -0.507. The van der Waals surface area contributed by atoms with Crippen LogP contribution in [0.15, 0.2) is 6.07 Å². The Labute approximate surface area is 120 Å². The van der Waals surface area contributed by atoms with E-state index in [0.29, 0.717) is 5.88 Å². The van der Waals surface area contributed by atoms with Gasteiger partial charge in [0.25, 0.3) is 0 Å². The van der Waals surface area contributed by atoms with Crippen LogP contribution in [0.25, 0.3) is 0 Å². The molecule has 0 bridgehead atoms. The van der Waals surface area contributed by atoms with Gasteiger partial charge in [-0.3, -0.25) is 0 Å². The van der Waals surface area contributed by atoms with E-state index in [1.54, 1.807) is 4.68 Å². The fourth-order valence-corrected chi connectivity index (χ4v) is 1.60. The van der Waals surface area contributed by atoms with Gasteiger partial charge in [0, 0.05) is 13.1 Å². The van der Waals surface area contributed by atoms with Crippen molar-refractivity contribution in [1.82, 2.24) is 15.1 Å². The van der Waals surface area contributed by atoms with Gasteiger partial charge in [0.05, 0.1) is 11.7 Å². The zero-order valence-electron chi connectivity index (χ0n) is 13.4. The molecule has 1 heterocycles. The third kappa shape index (κ3) is 5.11. The Morgan fingerprint density at radius 2 is 2.00 bits per heavy atom. The third-order valence-corrected chi connectivity index (χ3v) is 2.71. The highest BCUT2D eigenvalue weighted by atomic mass is 16.6. The standard InChI is InChI=1S/C14H25N3O3/c1-9-8-12(17(7)16-9)19-11(3)10(2)15-13(18)20-14(4,5)6/h8,10-11H,1-7H3,(H,15,18)/t10-,11?/m1/s1. The number of hydrogen-bond acceptors (Lipinski definition) is 4. The number of rotatable bonds is 4. The van der Waals surface area contributed by atoms with E-state index in [1.165, 1.54) is 0 Å². The van der Waals surface area contributed by atoms with Crippen molar-refractivity contribution in [2.75, 3.05) is 0 Å². The van der Waals surface area contributed by atoms with E-state index in [-0.39, 0.29) is 12.1 Å². The molecule has 0 aliphatic heterocycles. The van der Waals surface area contributed by atoms with Crippen LogP contribution in [0.3, 0.4) is 0 Å². The lowest BCUT2D eigenvalue weighted by Gasteiger charge is -2.25. The number of ether oxygens (including phenoxy) is 2. The van der Waals surface area contributed by atoms with Crippen molar-refractivity contribution < 1.29 is 14.3 Å². The number of nitrogens with one attached hydrogen (secondary N) is 1. The zero-order chi connectivity index (χ0) is 15.5. The molecule has 0 saturated carbocycles. The number of carbonyl (C=O) groups is 1. The first-order valence-corrected chi connectivity index (χ1v) is 6.75. The Morgan fingerprint density at radius 3 is 2.45 bits per heavy atom. The summed E-state index contributed by atoms with van der Waals surface area (Å²) in [6.45, 7) is 11.2. The van der Waals surface area contributed by atoms with Crippen LogP contribution in [-0.2, 0) is 11.8 Å². The molecule has 114 valence electrons. The normalized spacial score (nSPS) is 14.6. The lowest BCUT2D eigenvalue weighted by molar-refractivity contribution is 0.0460. The molecule has 1 rings (SSSR count). The van der Waals surface area contributed by atoms with Gasteiger partial charge < -0.3 is 14.8 Å². The Morgan fingerprint density at radius 1 is 1.40 bits per heavy atom. The maximum Gasteiger partial charge on any atom is 0.407 e. The van der Waals surface area contributed by atoms with Crippen molar-refractivity contribution in [1.29, 1.82) is 0 Å². The Kier molecular flexibility index (Phi) is 5.03. The molecular formula is C14H25N3O3. The van der Waals surface area contributed by atoms with Crippen LogP contribution in [0.1, 0.15) is 40.3 Å². The highest BCUT2D eigenvalue weighted by molar-refractivity contribution is 5.68. The molecule has 0 saturated heterocycles. The lowest BCUT2D eigenvalue weighted by atomic mass is 10.2. The number of aromatic nitrogens is 2. The third-order valence-electron chi connectivity index (χ3n) is 2.71. The summed E-state index contributed by atoms with van der Waals surface area (Å²) < 4.78 is 12.7. The number of alkyl carbamates (subject to hydrolysis) is 1. The quantitative estimate of drug-likeness (QED) is 0.921. The van der Waals surface area contributed by atoms with Gasteiger partial charge in [0.2, 0.25) is 5.88 Å². The topological polar surface area (TPSA) is 65.4 Å². The molecule has 1 aromatic rings. The second-order valence-corrected chi connectivity index (χ2v) is 6.01. The molecule has 1 aromatic heterocycles. The number of nitrogens with zero attached hydrogens (tertiary/aromatic N) is 2. The summed E-state index contributed by atoms with van der Waals surface area (Å²) in [5.74, 6) is 0.674. The maximum atomic E-state index is 11.7. The van der Waals surface area contributed by atoms with Crippen LogP contribution >= 0.6 is 0 Å². The summed E-state index contributed by atoms with van der Waals surface area (Å²) >= 11 is 0. The van der Waals surface area contributed by atoms with Crippen molar-refractivity contribution in [3.8, 4) is 5.88 Å². The lowest BCUT2D eigenvalue weighted by Crippen LogP contribution is -2.44. The molecule has 1 amide bonds. The first-order valence-electron chi connectivity index (χ1n) is 6.75. The van der Waals surface area contributed by atoms with Gasteiger partial charge in [0.15, 0.2) is 0 Å². The smallest absolute Gasteiger partial charge is 0.407 e. The van der Waals surface area contributed by atoms with Crippen molar-refractivity contribution in [3.05, 3.63) is 11.8 Å². The van der Waals surface area contributed by atoms with E-state index in [0.717, 1.165) is 5.69 Å². The molecule has 6 heteroatoms. The van der Waals surface area contributed by atoms with Gasteiger partial charge in [-0.05, 0) is 41.5 Å². The van der Waals surface area contributed by atoms with Crippen LogP contribution in [-0.4, -0.2) is 33.6 Å². The van der Waals surface area contributed by atoms with Crippen LogP contribution in [0.5, 0.6) is 5.88 Å². The summed E-state index contributed by atoms with van der Waals surface area (Å²) in [6.07, 6.45) is -0.640. The van der Waals surface area contributed by atoms with Crippen molar-refractivity contribution >= 4 is 6.09 Å². The van der Waals surface area contributed by atoms with Gasteiger partial charge >= 0.3 is 6.09 Å². The van der Waals surface area contributed by atoms with Crippen molar-refractivity contribution in [2.24, 2.45) is 7.05 Å². The summed E-state index contributed by atoms with van der Waals surface area (Å²) in [4.78, 5) is 11.7. The molecule has 6 nitrogen and oxygen atoms in total. The average Bonchev–Trinajstić information content (AvgIpc) is 2.54. The average molecular weight is 283 g/mol. The molecular weight excluding hydrogens is 258 g/mol. The van der Waals surface area contributed by atoms with Crippen molar-refractivity contribution in [2.45, 2.75) is 59.3 Å². The molecule has 1 unspecified atom stereocenters. The second-order valence-electron chi connectivity index (χ2n) is 6.01. The Balaban J connectivity index is 2.53. The largest absolute Gasteiger partial charge is 0.473 e. The van der Waals surface area contributed by atoms with E-state index >= 15 is 0 Å². The van der Waals surface area contributed by atoms with Crippen LogP contribution in [0.2, 0.25) is 0 Å². The Hall–Kier alpha value is -1.72. The number of carbonyl (C=O) groups excluding carboxylic acids is 1. The van der Waals surface area contributed by atoms with E-state index in [9.17, 15) is 4.79 Å². The fraction of sp³-hybridized carbons (Fsp3) is 0.714. The summed E-state index contributed by atoms with van der Waals surface area (Å²) in [7, 11) is 1.82. The second kappa shape index (κ2) is 6.15.